The Bertz CT molecular complexity index is 325. The Kier molecular flexibility index (Phi) is 4.57. The Morgan fingerprint density at radius 1 is 1.29 bits per heavy atom. The minimum atomic E-state index is 0.0894. The van der Waals surface area contributed by atoms with E-state index in [0.29, 0.717) is 6.04 Å². The molecule has 17 heavy (non-hydrogen) atoms. The van der Waals surface area contributed by atoms with Gasteiger partial charge >= 0.3 is 0 Å². The van der Waals surface area contributed by atoms with E-state index in [2.05, 4.69) is 24.4 Å². The number of benzene rings is 1. The average Bonchev–Trinajstić information content (AvgIpc) is 2.37. The largest absolute Gasteiger partial charge is 0.394 e. The van der Waals surface area contributed by atoms with E-state index in [1.54, 1.807) is 0 Å². The molecule has 0 aromatic heterocycles. The van der Waals surface area contributed by atoms with Gasteiger partial charge in [0.1, 0.15) is 0 Å². The Hall–Kier alpha value is -0.860. The molecule has 0 bridgehead atoms. The molecule has 2 N–H and O–H groups in total. The molecule has 1 aliphatic carbocycles. The first-order valence-electron chi connectivity index (χ1n) is 6.71. The summed E-state index contributed by atoms with van der Waals surface area (Å²) in [5, 5.41) is 13.1. The zero-order chi connectivity index (χ0) is 12.1. The highest BCUT2D eigenvalue weighted by molar-refractivity contribution is 5.19. The maximum atomic E-state index is 9.51. The van der Waals surface area contributed by atoms with Crippen LogP contribution in [0.5, 0.6) is 0 Å². The van der Waals surface area contributed by atoms with Crippen LogP contribution in [0.15, 0.2) is 30.3 Å². The van der Waals surface area contributed by atoms with Crippen LogP contribution >= 0.6 is 0 Å². The fourth-order valence-corrected chi connectivity index (χ4v) is 2.81. The molecule has 1 aromatic rings. The van der Waals surface area contributed by atoms with Crippen molar-refractivity contribution in [1.82, 2.24) is 5.32 Å². The van der Waals surface area contributed by atoms with Crippen LogP contribution < -0.4 is 5.32 Å². The first-order valence-corrected chi connectivity index (χ1v) is 6.71. The van der Waals surface area contributed by atoms with Crippen LogP contribution in [-0.2, 0) is 0 Å². The summed E-state index contributed by atoms with van der Waals surface area (Å²) in [5.74, 6) is 0.816. The van der Waals surface area contributed by atoms with Crippen molar-refractivity contribution in [2.24, 2.45) is 5.92 Å². The number of rotatable bonds is 4. The molecule has 1 saturated carbocycles. The van der Waals surface area contributed by atoms with Gasteiger partial charge in [-0.15, -0.1) is 0 Å². The van der Waals surface area contributed by atoms with Gasteiger partial charge in [-0.1, -0.05) is 50.1 Å². The van der Waals surface area contributed by atoms with Crippen LogP contribution in [0.1, 0.15) is 44.2 Å². The molecule has 0 saturated heterocycles. The van der Waals surface area contributed by atoms with Gasteiger partial charge in [-0.3, -0.25) is 0 Å². The molecule has 94 valence electrons. The number of hydrogen-bond donors (Lipinski definition) is 2. The fraction of sp³-hybridized carbons (Fsp3) is 0.600. The molecule has 1 aromatic carbocycles. The van der Waals surface area contributed by atoms with Crippen molar-refractivity contribution in [2.45, 2.75) is 44.7 Å². The van der Waals surface area contributed by atoms with Crippen molar-refractivity contribution in [2.75, 3.05) is 6.61 Å². The van der Waals surface area contributed by atoms with Crippen molar-refractivity contribution in [3.63, 3.8) is 0 Å². The van der Waals surface area contributed by atoms with Gasteiger partial charge in [0.15, 0.2) is 0 Å². The number of aliphatic hydroxyl groups excluding tert-OH is 1. The maximum absolute atomic E-state index is 9.51. The Balaban J connectivity index is 1.95. The summed E-state index contributed by atoms with van der Waals surface area (Å²) in [4.78, 5) is 0. The van der Waals surface area contributed by atoms with Crippen molar-refractivity contribution in [1.29, 1.82) is 0 Å². The zero-order valence-electron chi connectivity index (χ0n) is 10.6. The molecule has 0 aliphatic heterocycles. The summed E-state index contributed by atoms with van der Waals surface area (Å²) in [6.07, 6.45) is 5.15. The summed E-state index contributed by atoms with van der Waals surface area (Å²) >= 11 is 0. The third kappa shape index (κ3) is 3.55. The third-order valence-corrected chi connectivity index (χ3v) is 3.76. The molecular formula is C15H23NO. The highest BCUT2D eigenvalue weighted by atomic mass is 16.3. The van der Waals surface area contributed by atoms with Crippen molar-refractivity contribution >= 4 is 0 Å². The monoisotopic (exact) mass is 233 g/mol. The smallest absolute Gasteiger partial charge is 0.0626 e. The van der Waals surface area contributed by atoms with Crippen LogP contribution in [0.2, 0.25) is 0 Å². The molecule has 0 spiro atoms. The molecule has 0 heterocycles. The molecule has 0 radical (unpaired) electrons. The van der Waals surface area contributed by atoms with E-state index < -0.39 is 0 Å². The van der Waals surface area contributed by atoms with Crippen LogP contribution in [-0.4, -0.2) is 17.8 Å². The van der Waals surface area contributed by atoms with Crippen molar-refractivity contribution in [3.8, 4) is 0 Å². The van der Waals surface area contributed by atoms with Gasteiger partial charge in [0.2, 0.25) is 0 Å². The number of nitrogens with one attached hydrogen (secondary N) is 1. The molecule has 2 heteroatoms. The Labute approximate surface area is 104 Å². The minimum absolute atomic E-state index is 0.0894. The van der Waals surface area contributed by atoms with E-state index >= 15 is 0 Å². The van der Waals surface area contributed by atoms with E-state index in [-0.39, 0.29) is 12.6 Å². The van der Waals surface area contributed by atoms with E-state index in [1.807, 2.05) is 18.2 Å². The van der Waals surface area contributed by atoms with Gasteiger partial charge in [-0.05, 0) is 24.3 Å². The predicted molar refractivity (Wildman–Crippen MR) is 70.8 cm³/mol. The lowest BCUT2D eigenvalue weighted by atomic mass is 9.86. The highest BCUT2D eigenvalue weighted by Gasteiger charge is 2.21. The lowest BCUT2D eigenvalue weighted by Crippen LogP contribution is -2.37. The van der Waals surface area contributed by atoms with Gasteiger partial charge in [0.05, 0.1) is 12.6 Å². The van der Waals surface area contributed by atoms with E-state index in [4.69, 9.17) is 0 Å². The second-order valence-electron chi connectivity index (χ2n) is 5.28. The van der Waals surface area contributed by atoms with E-state index in [9.17, 15) is 5.11 Å². The van der Waals surface area contributed by atoms with Crippen molar-refractivity contribution in [3.05, 3.63) is 35.9 Å². The molecule has 2 rings (SSSR count). The van der Waals surface area contributed by atoms with Gasteiger partial charge in [-0.25, -0.2) is 0 Å². The van der Waals surface area contributed by atoms with E-state index in [1.165, 1.54) is 31.2 Å². The third-order valence-electron chi connectivity index (χ3n) is 3.76. The SMILES string of the molecule is CC1CCCC(N[C@H](CO)c2ccccc2)C1. The van der Waals surface area contributed by atoms with Gasteiger partial charge in [0.25, 0.3) is 0 Å². The average molecular weight is 233 g/mol. The zero-order valence-corrected chi connectivity index (χ0v) is 10.6. The van der Waals surface area contributed by atoms with Crippen LogP contribution in [0, 0.1) is 5.92 Å². The molecular weight excluding hydrogens is 210 g/mol. The van der Waals surface area contributed by atoms with E-state index in [0.717, 1.165) is 5.92 Å². The molecule has 0 amide bonds. The first kappa shape index (κ1) is 12.6. The fourth-order valence-electron chi connectivity index (χ4n) is 2.81. The maximum Gasteiger partial charge on any atom is 0.0626 e. The highest BCUT2D eigenvalue weighted by Crippen LogP contribution is 2.25. The van der Waals surface area contributed by atoms with Gasteiger partial charge < -0.3 is 10.4 Å². The Morgan fingerprint density at radius 2 is 2.06 bits per heavy atom. The molecule has 1 fully saturated rings. The summed E-state index contributed by atoms with van der Waals surface area (Å²) in [6.45, 7) is 2.50. The molecule has 2 nitrogen and oxygen atoms in total. The number of aliphatic hydroxyl groups is 1. The van der Waals surface area contributed by atoms with Crippen LogP contribution in [0.25, 0.3) is 0 Å². The topological polar surface area (TPSA) is 32.3 Å². The Morgan fingerprint density at radius 3 is 2.71 bits per heavy atom. The van der Waals surface area contributed by atoms with Gasteiger partial charge in [0, 0.05) is 6.04 Å². The predicted octanol–water partition coefficient (Wildman–Crippen LogP) is 2.89. The minimum Gasteiger partial charge on any atom is -0.394 e. The lowest BCUT2D eigenvalue weighted by molar-refractivity contribution is 0.208. The summed E-state index contributed by atoms with van der Waals surface area (Å²) in [5.41, 5.74) is 1.19. The first-order chi connectivity index (χ1) is 8.29. The quantitative estimate of drug-likeness (QED) is 0.838. The van der Waals surface area contributed by atoms with Crippen molar-refractivity contribution < 1.29 is 5.11 Å². The lowest BCUT2D eigenvalue weighted by Gasteiger charge is -2.31. The second kappa shape index (κ2) is 6.18. The van der Waals surface area contributed by atoms with Crippen LogP contribution in [0.4, 0.5) is 0 Å². The summed E-state index contributed by atoms with van der Waals surface area (Å²) in [7, 11) is 0. The summed E-state index contributed by atoms with van der Waals surface area (Å²) in [6, 6.07) is 10.9. The molecule has 3 atom stereocenters. The summed E-state index contributed by atoms with van der Waals surface area (Å²) < 4.78 is 0. The van der Waals surface area contributed by atoms with Gasteiger partial charge in [-0.2, -0.15) is 0 Å². The molecule has 1 aliphatic rings. The molecule has 2 unspecified atom stereocenters. The number of hydrogen-bond acceptors (Lipinski definition) is 2. The second-order valence-corrected chi connectivity index (χ2v) is 5.28. The standard InChI is InChI=1S/C15H23NO/c1-12-6-5-9-14(10-12)16-15(11-17)13-7-3-2-4-8-13/h2-4,7-8,12,14-17H,5-6,9-11H2,1H3/t12?,14?,15-/m1/s1. The van der Waals surface area contributed by atoms with Crippen LogP contribution in [0.3, 0.4) is 0 Å². The normalized spacial score (nSPS) is 26.7.